The van der Waals surface area contributed by atoms with Gasteiger partial charge in [-0.15, -0.1) is 0 Å². The maximum atomic E-state index is 11.3. The first-order valence-electron chi connectivity index (χ1n) is 17.7. The predicted octanol–water partition coefficient (Wildman–Crippen LogP) is 10.9. The largest absolute Gasteiger partial charge is 0.830 e. The first kappa shape index (κ1) is 50.3. The van der Waals surface area contributed by atoms with Gasteiger partial charge in [0.15, 0.2) is 5.60 Å². The molecule has 0 bridgehead atoms. The van der Waals surface area contributed by atoms with Gasteiger partial charge in [-0.1, -0.05) is 108 Å². The van der Waals surface area contributed by atoms with Crippen molar-refractivity contribution in [3.05, 3.63) is 57.6 Å². The van der Waals surface area contributed by atoms with Gasteiger partial charge in [0, 0.05) is 52.0 Å². The monoisotopic (exact) mass is 833 g/mol. The summed E-state index contributed by atoms with van der Waals surface area (Å²) in [7, 11) is 0. The van der Waals surface area contributed by atoms with E-state index in [-0.39, 0.29) is 51.1 Å². The third kappa shape index (κ3) is 12.1. The first-order chi connectivity index (χ1) is 23.9. The maximum absolute atomic E-state index is 11.3. The molecular weight excluding hydrogens is 779 g/mol. The number of phenols is 2. The molecule has 0 amide bonds. The van der Waals surface area contributed by atoms with Crippen LogP contribution in [0.15, 0.2) is 34.3 Å². The van der Waals surface area contributed by atoms with Crippen molar-refractivity contribution in [2.75, 3.05) is 0 Å². The van der Waals surface area contributed by atoms with Crippen molar-refractivity contribution in [2.24, 2.45) is 9.98 Å². The molecule has 2 atom stereocenters. The molecule has 2 N–H and O–H groups in total. The normalized spacial score (nSPS) is 18.3. The fourth-order valence-corrected chi connectivity index (χ4v) is 5.79. The third-order valence-corrected chi connectivity index (χ3v) is 9.33. The summed E-state index contributed by atoms with van der Waals surface area (Å²) in [5.74, 6) is 0.637. The van der Waals surface area contributed by atoms with Crippen molar-refractivity contribution in [3.63, 3.8) is 0 Å². The summed E-state index contributed by atoms with van der Waals surface area (Å²) in [6.45, 7) is 26.0. The van der Waals surface area contributed by atoms with Crippen molar-refractivity contribution < 1.29 is 72.2 Å². The molecule has 0 aliphatic heterocycles. The quantitative estimate of drug-likeness (QED) is 0.238. The Bertz CT molecular complexity index is 1530. The molecule has 55 heavy (non-hydrogen) atoms. The number of halogens is 9. The Balaban J connectivity index is 0.000000857. The van der Waals surface area contributed by atoms with E-state index in [2.05, 4.69) is 107 Å². The molecule has 1 fully saturated rings. The number of alkyl halides is 9. The van der Waals surface area contributed by atoms with E-state index in [1.807, 2.05) is 12.4 Å². The van der Waals surface area contributed by atoms with Gasteiger partial charge < -0.3 is 15.3 Å². The molecule has 2 aromatic rings. The van der Waals surface area contributed by atoms with Gasteiger partial charge in [-0.25, -0.2) is 0 Å². The van der Waals surface area contributed by atoms with Gasteiger partial charge in [0.05, 0.1) is 12.1 Å². The minimum atomic E-state index is -6.98. The van der Waals surface area contributed by atoms with Crippen LogP contribution >= 0.6 is 0 Å². The van der Waals surface area contributed by atoms with Crippen molar-refractivity contribution >= 4 is 12.4 Å². The van der Waals surface area contributed by atoms with Gasteiger partial charge in [0.1, 0.15) is 11.5 Å². The molecule has 0 aromatic heterocycles. The molecule has 1 aliphatic carbocycles. The number of benzene rings is 2. The number of phenolic OH excluding ortho intramolecular Hbond substituents is 2. The van der Waals surface area contributed by atoms with Crippen molar-refractivity contribution in [2.45, 2.75) is 167 Å². The summed E-state index contributed by atoms with van der Waals surface area (Å²) in [6, 6.07) is 8.53. The molecule has 5 nitrogen and oxygen atoms in total. The predicted molar refractivity (Wildman–Crippen MR) is 193 cm³/mol. The summed E-state index contributed by atoms with van der Waals surface area (Å²) in [6.07, 6.45) is -13.0. The zero-order valence-electron chi connectivity index (χ0n) is 33.5. The molecule has 0 heterocycles. The number of hydrogen-bond donors (Lipinski definition) is 2. The van der Waals surface area contributed by atoms with Crippen LogP contribution in [-0.2, 0) is 39.0 Å². The number of aromatic hydroxyl groups is 2. The van der Waals surface area contributed by atoms with Crippen molar-refractivity contribution in [1.29, 1.82) is 0 Å². The van der Waals surface area contributed by atoms with Crippen LogP contribution in [0.1, 0.15) is 142 Å². The molecule has 1 aliphatic rings. The van der Waals surface area contributed by atoms with E-state index in [1.165, 1.54) is 11.1 Å². The van der Waals surface area contributed by atoms with Gasteiger partial charge in [-0.3, -0.25) is 9.98 Å². The topological polar surface area (TPSA) is 88.2 Å². The van der Waals surface area contributed by atoms with Crippen LogP contribution in [0.3, 0.4) is 0 Å². The van der Waals surface area contributed by atoms with E-state index in [4.69, 9.17) is 9.98 Å². The Morgan fingerprint density at radius 2 is 0.800 bits per heavy atom. The second-order valence-corrected chi connectivity index (χ2v) is 18.1. The third-order valence-electron chi connectivity index (χ3n) is 9.33. The average Bonchev–Trinajstić information content (AvgIpc) is 2.96. The van der Waals surface area contributed by atoms with E-state index in [0.717, 1.165) is 47.9 Å². The fraction of sp³-hybridized carbons (Fsp3) is 0.650. The molecule has 15 heteroatoms. The zero-order chi connectivity index (χ0) is 42.3. The molecule has 312 valence electrons. The van der Waals surface area contributed by atoms with E-state index in [9.17, 15) is 54.8 Å². The van der Waals surface area contributed by atoms with Crippen LogP contribution < -0.4 is 5.11 Å². The number of hydrogen-bond acceptors (Lipinski definition) is 5. The molecule has 2 aromatic carbocycles. The maximum Gasteiger partial charge on any atom is 0.397 e. The number of nitrogens with zero attached hydrogens (tertiary/aromatic N) is 2. The fourth-order valence-electron chi connectivity index (χ4n) is 5.79. The summed E-state index contributed by atoms with van der Waals surface area (Å²) < 4.78 is 102. The first-order valence-corrected chi connectivity index (χ1v) is 17.7. The summed E-state index contributed by atoms with van der Waals surface area (Å²) >= 11 is 0. The molecule has 0 saturated heterocycles. The van der Waals surface area contributed by atoms with Crippen LogP contribution in [0.5, 0.6) is 11.5 Å². The van der Waals surface area contributed by atoms with Crippen LogP contribution in [0, 0.1) is 0 Å². The summed E-state index contributed by atoms with van der Waals surface area (Å²) in [4.78, 5) is 10.1. The molecular formula is C40H54CrF9N2O3-. The Morgan fingerprint density at radius 3 is 1.00 bits per heavy atom. The zero-order valence-corrected chi connectivity index (χ0v) is 34.7. The van der Waals surface area contributed by atoms with Gasteiger partial charge in [-0.05, 0) is 57.8 Å². The molecule has 3 rings (SSSR count). The van der Waals surface area contributed by atoms with Gasteiger partial charge in [0.25, 0.3) is 0 Å². The second-order valence-electron chi connectivity index (χ2n) is 18.1. The molecule has 0 spiro atoms. The van der Waals surface area contributed by atoms with E-state index >= 15 is 0 Å². The van der Waals surface area contributed by atoms with Crippen LogP contribution in [0.2, 0.25) is 0 Å². The average molecular weight is 834 g/mol. The van der Waals surface area contributed by atoms with Gasteiger partial charge in [0.2, 0.25) is 0 Å². The van der Waals surface area contributed by atoms with Gasteiger partial charge in [-0.2, -0.15) is 39.5 Å². The Hall–Kier alpha value is -2.76. The van der Waals surface area contributed by atoms with E-state index in [1.54, 1.807) is 0 Å². The van der Waals surface area contributed by atoms with E-state index in [0.29, 0.717) is 11.5 Å². The minimum Gasteiger partial charge on any atom is -0.830 e. The smallest absolute Gasteiger partial charge is 0.397 e. The Morgan fingerprint density at radius 1 is 0.527 bits per heavy atom. The number of rotatable bonds is 4. The van der Waals surface area contributed by atoms with Gasteiger partial charge >= 0.3 is 18.5 Å². The van der Waals surface area contributed by atoms with Crippen molar-refractivity contribution in [3.8, 4) is 11.5 Å². The Kier molecular flexibility index (Phi) is 15.5. The molecule has 0 radical (unpaired) electrons. The number of aliphatic imine (C=N–C) groups is 2. The van der Waals surface area contributed by atoms with Crippen molar-refractivity contribution in [1.82, 2.24) is 0 Å². The second kappa shape index (κ2) is 17.0. The van der Waals surface area contributed by atoms with Crippen LogP contribution in [0.4, 0.5) is 39.5 Å². The SMILES string of the molecule is CC(C)(C)c1cc(C=NC2CCCCC2N=Cc2cc(C(C)(C)C)cc(C(C)(C)C)c2O)c(O)c(C(C)(C)C)c1.[Cr].[O-]C(C(F)(F)F)(C(F)(F)F)C(F)(F)F. The standard InChI is InChI=1S/C36H54N2O2.C4F9O.Cr/c1-33(2,3)25-17-23(31(39)27(19-25)35(7,8)9)21-37-29-15-13-14-16-30(29)38-22-24-18-26(34(4,5)6)20-28(32(24)40)36(10,11)12;5-2(6,7)1(14,3(8,9)10)4(11,12)13;/h17-22,29-30,39-40H,13-16H2,1-12H3;;/q;-1;. The van der Waals surface area contributed by atoms with E-state index < -0.39 is 24.1 Å². The minimum absolute atomic E-state index is 0. The summed E-state index contributed by atoms with van der Waals surface area (Å²) in [5, 5.41) is 32.2. The summed E-state index contributed by atoms with van der Waals surface area (Å²) in [5.41, 5.74) is -1.54. The Labute approximate surface area is 329 Å². The molecule has 2 unspecified atom stereocenters. The van der Waals surface area contributed by atoms with Crippen LogP contribution in [-0.4, -0.2) is 58.9 Å². The molecule has 1 saturated carbocycles. The van der Waals surface area contributed by atoms with Crippen LogP contribution in [0.25, 0.3) is 0 Å².